The summed E-state index contributed by atoms with van der Waals surface area (Å²) in [5.74, 6) is 0. The van der Waals surface area contributed by atoms with Crippen molar-refractivity contribution in [2.45, 2.75) is 19.5 Å². The largest absolute Gasteiger partial charge is 0.389 e. The number of benzene rings is 1. The molecule has 0 saturated carbocycles. The summed E-state index contributed by atoms with van der Waals surface area (Å²) in [5, 5.41) is 9.69. The molecule has 0 aliphatic heterocycles. The summed E-state index contributed by atoms with van der Waals surface area (Å²) in [5.41, 5.74) is 1.20. The number of hydrogen-bond donors (Lipinski definition) is 1. The summed E-state index contributed by atoms with van der Waals surface area (Å²) in [4.78, 5) is 1.39. The van der Waals surface area contributed by atoms with Crippen molar-refractivity contribution in [1.29, 1.82) is 0 Å². The average Bonchev–Trinajstić information content (AvgIpc) is 2.15. The fourth-order valence-electron chi connectivity index (χ4n) is 1.40. The fraction of sp³-hybridized carbons (Fsp3) is 0.455. The molecule has 1 unspecified atom stereocenters. The molecule has 0 aliphatic rings. The van der Waals surface area contributed by atoms with Crippen LogP contribution in [0.3, 0.4) is 0 Å². The molecule has 1 N–H and O–H groups in total. The van der Waals surface area contributed by atoms with Crippen LogP contribution in [0.5, 0.6) is 0 Å². The highest BCUT2D eigenvalue weighted by Crippen LogP contribution is 2.28. The first-order valence-electron chi connectivity index (χ1n) is 4.88. The van der Waals surface area contributed by atoms with Crippen LogP contribution in [0.1, 0.15) is 18.6 Å². The summed E-state index contributed by atoms with van der Waals surface area (Å²) in [6.45, 7) is 1.25. The number of nitrogens with zero attached hydrogens (tertiary/aromatic N) is 1. The van der Waals surface area contributed by atoms with Gasteiger partial charge >= 0.3 is 0 Å². The number of aliphatic hydroxyl groups is 1. The van der Waals surface area contributed by atoms with Gasteiger partial charge in [-0.15, -0.1) is 0 Å². The van der Waals surface area contributed by atoms with E-state index in [0.717, 1.165) is 0 Å². The Hall–Kier alpha value is -0.870. The molecule has 2 nitrogen and oxygen atoms in total. The normalized spacial score (nSPS) is 12.9. The second kappa shape index (κ2) is 5.46. The lowest BCUT2D eigenvalue weighted by Crippen LogP contribution is -2.24. The first-order chi connectivity index (χ1) is 7.41. The van der Waals surface area contributed by atoms with Crippen LogP contribution in [0.25, 0.3) is 0 Å². The van der Waals surface area contributed by atoms with E-state index in [0.29, 0.717) is 16.3 Å². The SMILES string of the molecule is CC(O)c1ccc(N(C)CC(F)F)c(Cl)c1. The van der Waals surface area contributed by atoms with Crippen molar-refractivity contribution in [3.8, 4) is 0 Å². The molecular weight excluding hydrogens is 236 g/mol. The van der Waals surface area contributed by atoms with E-state index in [1.807, 2.05) is 0 Å². The lowest BCUT2D eigenvalue weighted by Gasteiger charge is -2.20. The lowest BCUT2D eigenvalue weighted by molar-refractivity contribution is 0.156. The number of hydrogen-bond acceptors (Lipinski definition) is 2. The molecule has 0 bridgehead atoms. The van der Waals surface area contributed by atoms with Crippen molar-refractivity contribution in [3.05, 3.63) is 28.8 Å². The van der Waals surface area contributed by atoms with Gasteiger partial charge in [-0.1, -0.05) is 17.7 Å². The topological polar surface area (TPSA) is 23.5 Å². The maximum absolute atomic E-state index is 12.2. The van der Waals surface area contributed by atoms with Gasteiger partial charge in [0.15, 0.2) is 0 Å². The molecule has 0 heterocycles. The van der Waals surface area contributed by atoms with Gasteiger partial charge < -0.3 is 10.0 Å². The van der Waals surface area contributed by atoms with Crippen LogP contribution in [0.2, 0.25) is 5.02 Å². The summed E-state index contributed by atoms with van der Waals surface area (Å²) >= 11 is 5.95. The van der Waals surface area contributed by atoms with Gasteiger partial charge in [0.1, 0.15) is 0 Å². The van der Waals surface area contributed by atoms with Crippen LogP contribution in [-0.2, 0) is 0 Å². The van der Waals surface area contributed by atoms with Crippen molar-refractivity contribution < 1.29 is 13.9 Å². The lowest BCUT2D eigenvalue weighted by atomic mass is 10.1. The van der Waals surface area contributed by atoms with Crippen molar-refractivity contribution >= 4 is 17.3 Å². The van der Waals surface area contributed by atoms with E-state index in [1.54, 1.807) is 32.2 Å². The Morgan fingerprint density at radius 3 is 2.50 bits per heavy atom. The molecule has 90 valence electrons. The molecule has 5 heteroatoms. The van der Waals surface area contributed by atoms with Crippen LogP contribution >= 0.6 is 11.6 Å². The van der Waals surface area contributed by atoms with E-state index in [4.69, 9.17) is 11.6 Å². The zero-order valence-corrected chi connectivity index (χ0v) is 9.88. The second-order valence-electron chi connectivity index (χ2n) is 3.66. The van der Waals surface area contributed by atoms with E-state index < -0.39 is 12.5 Å². The van der Waals surface area contributed by atoms with Gasteiger partial charge in [-0.25, -0.2) is 8.78 Å². The van der Waals surface area contributed by atoms with Gasteiger partial charge in [-0.2, -0.15) is 0 Å². The number of halogens is 3. The van der Waals surface area contributed by atoms with Crippen molar-refractivity contribution in [3.63, 3.8) is 0 Å². The molecule has 0 amide bonds. The monoisotopic (exact) mass is 249 g/mol. The zero-order chi connectivity index (χ0) is 12.3. The van der Waals surface area contributed by atoms with Crippen LogP contribution in [-0.4, -0.2) is 25.1 Å². The molecular formula is C11H14ClF2NO. The highest BCUT2D eigenvalue weighted by molar-refractivity contribution is 6.33. The van der Waals surface area contributed by atoms with Gasteiger partial charge in [0.2, 0.25) is 0 Å². The van der Waals surface area contributed by atoms with Crippen LogP contribution < -0.4 is 4.90 Å². The van der Waals surface area contributed by atoms with E-state index in [-0.39, 0.29) is 6.54 Å². The molecule has 1 rings (SSSR count). The summed E-state index contributed by atoms with van der Waals surface area (Å²) in [7, 11) is 1.55. The third kappa shape index (κ3) is 3.32. The van der Waals surface area contributed by atoms with E-state index in [1.165, 1.54) is 4.90 Å². The van der Waals surface area contributed by atoms with Gasteiger partial charge in [0.05, 0.1) is 23.4 Å². The van der Waals surface area contributed by atoms with Gasteiger partial charge in [0, 0.05) is 7.05 Å². The molecule has 0 spiro atoms. The Morgan fingerprint density at radius 2 is 2.06 bits per heavy atom. The number of rotatable bonds is 4. The first kappa shape index (κ1) is 13.2. The molecule has 1 aromatic carbocycles. The van der Waals surface area contributed by atoms with Crippen LogP contribution in [0.4, 0.5) is 14.5 Å². The summed E-state index contributed by atoms with van der Waals surface area (Å²) < 4.78 is 24.4. The van der Waals surface area contributed by atoms with Crippen LogP contribution in [0.15, 0.2) is 18.2 Å². The summed E-state index contributed by atoms with van der Waals surface area (Å²) in [6, 6.07) is 4.89. The number of anilines is 1. The second-order valence-corrected chi connectivity index (χ2v) is 4.07. The minimum atomic E-state index is -2.41. The van der Waals surface area contributed by atoms with E-state index in [2.05, 4.69) is 0 Å². The third-order valence-corrected chi connectivity index (χ3v) is 2.58. The maximum atomic E-state index is 12.2. The molecule has 0 aliphatic carbocycles. The standard InChI is InChI=1S/C11H14ClF2NO/c1-7(16)8-3-4-10(9(12)5-8)15(2)6-11(13)14/h3-5,7,11,16H,6H2,1-2H3. The predicted molar refractivity (Wildman–Crippen MR) is 61.4 cm³/mol. The smallest absolute Gasteiger partial charge is 0.255 e. The molecule has 0 fully saturated rings. The zero-order valence-electron chi connectivity index (χ0n) is 9.12. The fourth-order valence-corrected chi connectivity index (χ4v) is 1.73. The van der Waals surface area contributed by atoms with Crippen molar-refractivity contribution in [1.82, 2.24) is 0 Å². The van der Waals surface area contributed by atoms with E-state index >= 15 is 0 Å². The minimum Gasteiger partial charge on any atom is -0.389 e. The predicted octanol–water partition coefficient (Wildman–Crippen LogP) is 3.09. The first-order valence-corrected chi connectivity index (χ1v) is 5.26. The Morgan fingerprint density at radius 1 is 1.44 bits per heavy atom. The highest BCUT2D eigenvalue weighted by Gasteiger charge is 2.12. The molecule has 0 saturated heterocycles. The van der Waals surface area contributed by atoms with Gasteiger partial charge in [-0.05, 0) is 24.6 Å². The quantitative estimate of drug-likeness (QED) is 0.886. The van der Waals surface area contributed by atoms with Crippen molar-refractivity contribution in [2.75, 3.05) is 18.5 Å². The van der Waals surface area contributed by atoms with Crippen LogP contribution in [0, 0.1) is 0 Å². The number of alkyl halides is 2. The average molecular weight is 250 g/mol. The van der Waals surface area contributed by atoms with Crippen molar-refractivity contribution in [2.24, 2.45) is 0 Å². The molecule has 1 aromatic rings. The molecule has 0 radical (unpaired) electrons. The Bertz CT molecular complexity index is 358. The molecule has 16 heavy (non-hydrogen) atoms. The number of aliphatic hydroxyl groups excluding tert-OH is 1. The van der Waals surface area contributed by atoms with Gasteiger partial charge in [-0.3, -0.25) is 0 Å². The highest BCUT2D eigenvalue weighted by atomic mass is 35.5. The molecule has 0 aromatic heterocycles. The Balaban J connectivity index is 2.90. The Kier molecular flexibility index (Phi) is 4.50. The summed E-state index contributed by atoms with van der Waals surface area (Å²) in [6.07, 6.45) is -3.02. The van der Waals surface area contributed by atoms with E-state index in [9.17, 15) is 13.9 Å². The minimum absolute atomic E-state index is 0.363. The van der Waals surface area contributed by atoms with Gasteiger partial charge in [0.25, 0.3) is 6.43 Å². The maximum Gasteiger partial charge on any atom is 0.255 e. The molecule has 1 atom stereocenters. The third-order valence-electron chi connectivity index (χ3n) is 2.28. The Labute approximate surface area is 98.4 Å².